The number of benzene rings is 2. The van der Waals surface area contributed by atoms with Crippen LogP contribution in [0, 0.1) is 0 Å². The molecule has 0 aliphatic carbocycles. The molecule has 0 bridgehead atoms. The third-order valence-electron chi connectivity index (χ3n) is 2.36. The normalized spacial score (nSPS) is 14.2. The summed E-state index contributed by atoms with van der Waals surface area (Å²) in [7, 11) is 0. The van der Waals surface area contributed by atoms with Crippen LogP contribution < -0.4 is 0 Å². The summed E-state index contributed by atoms with van der Waals surface area (Å²) in [5.74, 6) is -0.474. The Bertz CT molecular complexity index is 714. The number of carbonyl (C=O) groups excluding carboxylic acids is 1. The Morgan fingerprint density at radius 2 is 1.88 bits per heavy atom. The maximum Gasteiger partial charge on any atom is 0.166 e. The second-order valence-corrected chi connectivity index (χ2v) is 3.54. The fraction of sp³-hybridized carbons (Fsp3) is 0.133. The maximum atomic E-state index is 12.1. The number of phenolic OH excluding ortho intramolecular Hbond substituents is 1. The molecule has 0 amide bonds. The van der Waals surface area contributed by atoms with E-state index < -0.39 is 18.1 Å². The molecule has 0 radical (unpaired) electrons. The molecular weight excluding hydrogens is 212 g/mol. The van der Waals surface area contributed by atoms with Gasteiger partial charge in [0.1, 0.15) is 5.75 Å². The van der Waals surface area contributed by atoms with Crippen LogP contribution in [-0.2, 0) is 6.42 Å². The highest BCUT2D eigenvalue weighted by molar-refractivity contribution is 5.98. The van der Waals surface area contributed by atoms with Gasteiger partial charge in [-0.15, -0.1) is 0 Å². The molecule has 0 heterocycles. The Morgan fingerprint density at radius 1 is 1.18 bits per heavy atom. The van der Waals surface area contributed by atoms with Crippen molar-refractivity contribution in [1.82, 2.24) is 0 Å². The Labute approximate surface area is 108 Å². The van der Waals surface area contributed by atoms with Gasteiger partial charge in [-0.05, 0) is 24.1 Å². The lowest BCUT2D eigenvalue weighted by molar-refractivity contribution is 0.0980. The molecule has 2 heteroatoms. The van der Waals surface area contributed by atoms with Crippen LogP contribution in [0.4, 0.5) is 0 Å². The molecule has 0 unspecified atom stereocenters. The minimum Gasteiger partial charge on any atom is -0.507 e. The van der Waals surface area contributed by atoms with Crippen LogP contribution in [-0.4, -0.2) is 10.9 Å². The first-order chi connectivity index (χ1) is 10.3. The second kappa shape index (κ2) is 5.30. The first kappa shape index (κ1) is 6.60. The van der Waals surface area contributed by atoms with Gasteiger partial charge in [-0.1, -0.05) is 42.3 Å². The minimum atomic E-state index is -0.453. The summed E-state index contributed by atoms with van der Waals surface area (Å²) in [4.78, 5) is 12.1. The zero-order chi connectivity index (χ0) is 16.4. The molecular formula is C15H14O2. The standard InChI is InChI=1S/C15H14O2/c16-14-9-5-4-8-13(14)15(17)11-10-12-6-2-1-3-7-12/h1-9,16H,10-11H2/i1D,2D,3D,6D,7D. The van der Waals surface area contributed by atoms with Gasteiger partial charge >= 0.3 is 0 Å². The van der Waals surface area contributed by atoms with Gasteiger partial charge in [0.2, 0.25) is 0 Å². The first-order valence-corrected chi connectivity index (χ1v) is 5.21. The Kier molecular flexibility index (Phi) is 2.06. The average Bonchev–Trinajstić information content (AvgIpc) is 2.51. The molecule has 2 aromatic rings. The predicted octanol–water partition coefficient (Wildman–Crippen LogP) is 3.21. The van der Waals surface area contributed by atoms with Crippen LogP contribution in [0.1, 0.15) is 29.2 Å². The van der Waals surface area contributed by atoms with Crippen molar-refractivity contribution in [3.63, 3.8) is 0 Å². The van der Waals surface area contributed by atoms with Gasteiger partial charge in [0.15, 0.2) is 5.78 Å². The molecule has 0 spiro atoms. The summed E-state index contributed by atoms with van der Waals surface area (Å²) >= 11 is 0. The number of rotatable bonds is 4. The van der Waals surface area contributed by atoms with E-state index in [0.717, 1.165) is 0 Å². The predicted molar refractivity (Wildman–Crippen MR) is 67.2 cm³/mol. The monoisotopic (exact) mass is 231 g/mol. The van der Waals surface area contributed by atoms with Gasteiger partial charge in [-0.2, -0.15) is 0 Å². The van der Waals surface area contributed by atoms with Crippen molar-refractivity contribution in [2.24, 2.45) is 0 Å². The van der Waals surface area contributed by atoms with Crippen LogP contribution in [0.15, 0.2) is 54.5 Å². The van der Waals surface area contributed by atoms with Gasteiger partial charge in [0, 0.05) is 6.42 Å². The molecule has 0 aliphatic rings. The molecule has 0 saturated carbocycles. The van der Waals surface area contributed by atoms with Gasteiger partial charge in [0.25, 0.3) is 0 Å². The molecule has 0 aromatic heterocycles. The Morgan fingerprint density at radius 3 is 2.59 bits per heavy atom. The zero-order valence-electron chi connectivity index (χ0n) is 14.1. The first-order valence-electron chi connectivity index (χ1n) is 7.71. The van der Waals surface area contributed by atoms with E-state index in [1.807, 2.05) is 0 Å². The van der Waals surface area contributed by atoms with Crippen molar-refractivity contribution in [1.29, 1.82) is 0 Å². The number of aromatic hydroxyl groups is 1. The number of Topliss-reactive ketones (excluding diaryl/α,β-unsaturated/α-hetero) is 1. The molecule has 2 rings (SSSR count). The highest BCUT2D eigenvalue weighted by atomic mass is 16.3. The van der Waals surface area contributed by atoms with Crippen LogP contribution in [0.3, 0.4) is 0 Å². The zero-order valence-corrected chi connectivity index (χ0v) is 9.08. The largest absolute Gasteiger partial charge is 0.507 e. The van der Waals surface area contributed by atoms with Crippen molar-refractivity contribution >= 4 is 5.78 Å². The Hall–Kier alpha value is -2.09. The topological polar surface area (TPSA) is 37.3 Å². The molecule has 0 fully saturated rings. The number of ketones is 1. The van der Waals surface area contributed by atoms with E-state index in [9.17, 15) is 9.90 Å². The summed E-state index contributed by atoms with van der Waals surface area (Å²) in [5.41, 5.74) is 0.268. The van der Waals surface area contributed by atoms with Crippen LogP contribution in [0.5, 0.6) is 5.75 Å². The highest BCUT2D eigenvalue weighted by Gasteiger charge is 2.09. The SMILES string of the molecule is [2H]c1c([2H])c([2H])c(CCC(=O)c2ccccc2O)c([2H])c1[2H]. The van der Waals surface area contributed by atoms with E-state index >= 15 is 0 Å². The molecule has 0 atom stereocenters. The van der Waals surface area contributed by atoms with Crippen LogP contribution >= 0.6 is 0 Å². The van der Waals surface area contributed by atoms with Crippen LogP contribution in [0.2, 0.25) is 0 Å². The van der Waals surface area contributed by atoms with Crippen molar-refractivity contribution in [2.45, 2.75) is 12.8 Å². The minimum absolute atomic E-state index is 0.0167. The smallest absolute Gasteiger partial charge is 0.166 e. The summed E-state index contributed by atoms with van der Waals surface area (Å²) in [6, 6.07) is 4.24. The van der Waals surface area contributed by atoms with E-state index in [1.54, 1.807) is 12.1 Å². The van der Waals surface area contributed by atoms with Crippen molar-refractivity contribution in [2.75, 3.05) is 0 Å². The number of para-hydroxylation sites is 1. The van der Waals surface area contributed by atoms with Crippen molar-refractivity contribution in [3.8, 4) is 5.75 Å². The van der Waals surface area contributed by atoms with E-state index in [-0.39, 0.29) is 47.6 Å². The van der Waals surface area contributed by atoms with Gasteiger partial charge in [-0.25, -0.2) is 0 Å². The van der Waals surface area contributed by atoms with Crippen molar-refractivity contribution in [3.05, 3.63) is 65.6 Å². The van der Waals surface area contributed by atoms with E-state index in [4.69, 9.17) is 6.85 Å². The average molecular weight is 231 g/mol. The van der Waals surface area contributed by atoms with Crippen molar-refractivity contribution < 1.29 is 16.8 Å². The molecule has 2 nitrogen and oxygen atoms in total. The molecule has 2 aromatic carbocycles. The fourth-order valence-electron chi connectivity index (χ4n) is 1.48. The molecule has 17 heavy (non-hydrogen) atoms. The molecule has 0 saturated heterocycles. The summed E-state index contributed by atoms with van der Waals surface area (Å²) < 4.78 is 38.3. The van der Waals surface area contributed by atoms with Gasteiger partial charge in [-0.3, -0.25) is 4.79 Å². The number of carbonyl (C=O) groups is 1. The summed E-state index contributed by atoms with van der Waals surface area (Å²) in [6.45, 7) is 0. The van der Waals surface area contributed by atoms with E-state index in [0.29, 0.717) is 0 Å². The summed E-state index contributed by atoms with van der Waals surface area (Å²) in [6.07, 6.45) is -0.0333. The molecule has 0 aliphatic heterocycles. The summed E-state index contributed by atoms with van der Waals surface area (Å²) in [5, 5.41) is 9.63. The number of phenols is 1. The second-order valence-electron chi connectivity index (χ2n) is 3.54. The third-order valence-corrected chi connectivity index (χ3v) is 2.36. The van der Waals surface area contributed by atoms with Gasteiger partial charge in [0.05, 0.1) is 12.4 Å². The van der Waals surface area contributed by atoms with Gasteiger partial charge < -0.3 is 5.11 Å². The fourth-order valence-corrected chi connectivity index (χ4v) is 1.48. The maximum absolute atomic E-state index is 12.1. The quantitative estimate of drug-likeness (QED) is 0.820. The number of hydrogen-bond acceptors (Lipinski definition) is 2. The van der Waals surface area contributed by atoms with Crippen LogP contribution in [0.25, 0.3) is 0 Å². The molecule has 86 valence electrons. The molecule has 1 N–H and O–H groups in total. The third kappa shape index (κ3) is 2.94. The lowest BCUT2D eigenvalue weighted by Gasteiger charge is -2.03. The lowest BCUT2D eigenvalue weighted by Crippen LogP contribution is -2.01. The van der Waals surface area contributed by atoms with E-state index in [2.05, 4.69) is 0 Å². The van der Waals surface area contributed by atoms with E-state index in [1.165, 1.54) is 12.1 Å². The number of hydrogen-bond donors (Lipinski definition) is 1. The lowest BCUT2D eigenvalue weighted by atomic mass is 10.0. The highest BCUT2D eigenvalue weighted by Crippen LogP contribution is 2.18. The Balaban J connectivity index is 2.26.